The summed E-state index contributed by atoms with van der Waals surface area (Å²) in [7, 11) is 2.10. The number of aromatic nitrogens is 1. The second-order valence-corrected chi connectivity index (χ2v) is 8.21. The Morgan fingerprint density at radius 3 is 2.54 bits per heavy atom. The van der Waals surface area contributed by atoms with Crippen LogP contribution in [-0.2, 0) is 4.79 Å². The molecule has 2 amide bonds. The van der Waals surface area contributed by atoms with Gasteiger partial charge in [0.05, 0.1) is 11.1 Å². The van der Waals surface area contributed by atoms with Crippen molar-refractivity contribution in [1.82, 2.24) is 15.2 Å². The first-order valence-electron chi connectivity index (χ1n) is 10.2. The van der Waals surface area contributed by atoms with E-state index in [1.807, 2.05) is 25.1 Å². The predicted molar refractivity (Wildman–Crippen MR) is 110 cm³/mol. The summed E-state index contributed by atoms with van der Waals surface area (Å²) >= 11 is 0. The summed E-state index contributed by atoms with van der Waals surface area (Å²) in [5.74, 6) is 0.0440. The van der Waals surface area contributed by atoms with Gasteiger partial charge in [0.15, 0.2) is 0 Å². The quantitative estimate of drug-likeness (QED) is 0.855. The van der Waals surface area contributed by atoms with E-state index >= 15 is 0 Å². The van der Waals surface area contributed by atoms with Crippen molar-refractivity contribution in [2.75, 3.05) is 25.5 Å². The summed E-state index contributed by atoms with van der Waals surface area (Å²) in [5.41, 5.74) is 2.85. The van der Waals surface area contributed by atoms with Gasteiger partial charge in [-0.15, -0.1) is 0 Å². The van der Waals surface area contributed by atoms with Gasteiger partial charge in [-0.2, -0.15) is 0 Å². The third-order valence-electron chi connectivity index (χ3n) is 5.99. The molecule has 0 spiro atoms. The predicted octanol–water partition coefficient (Wildman–Crippen LogP) is 3.11. The number of carbonyl (C=O) groups is 2. The van der Waals surface area contributed by atoms with Gasteiger partial charge >= 0.3 is 0 Å². The van der Waals surface area contributed by atoms with E-state index in [9.17, 15) is 9.59 Å². The topological polar surface area (TPSA) is 74.3 Å². The maximum Gasteiger partial charge on any atom is 0.252 e. The number of fused-ring (bicyclic) bond motifs is 1. The minimum Gasteiger partial charge on any atom is -0.349 e. The maximum atomic E-state index is 13.1. The van der Waals surface area contributed by atoms with Gasteiger partial charge in [0, 0.05) is 28.7 Å². The van der Waals surface area contributed by atoms with Crippen LogP contribution >= 0.6 is 0 Å². The normalized spacial score (nSPS) is 18.6. The Kier molecular flexibility index (Phi) is 5.31. The largest absolute Gasteiger partial charge is 0.349 e. The number of piperidine rings is 1. The molecule has 1 saturated heterocycles. The number of amides is 2. The summed E-state index contributed by atoms with van der Waals surface area (Å²) in [6.45, 7) is 3.91. The van der Waals surface area contributed by atoms with Crippen molar-refractivity contribution in [3.63, 3.8) is 0 Å². The smallest absolute Gasteiger partial charge is 0.252 e. The highest BCUT2D eigenvalue weighted by molar-refractivity contribution is 6.08. The zero-order chi connectivity index (χ0) is 19.7. The molecule has 0 atom stereocenters. The standard InChI is InChI=1S/C22H28N4O2/c1-14-6-7-18-19(22(28)24-16-8-10-26(2)11-9-16)12-17(13-20(18)23-14)25-21(27)15-4-3-5-15/h6-7,12-13,15-16H,3-5,8-11H2,1-2H3,(H,24,28)(H,25,27). The number of carbonyl (C=O) groups excluding carboxylic acids is 2. The lowest BCUT2D eigenvalue weighted by Gasteiger charge is -2.29. The van der Waals surface area contributed by atoms with Crippen LogP contribution < -0.4 is 10.6 Å². The van der Waals surface area contributed by atoms with Crippen LogP contribution in [0.4, 0.5) is 5.69 Å². The lowest BCUT2D eigenvalue weighted by Crippen LogP contribution is -2.43. The number of hydrogen-bond donors (Lipinski definition) is 2. The highest BCUT2D eigenvalue weighted by Crippen LogP contribution is 2.29. The average Bonchev–Trinajstić information content (AvgIpc) is 2.61. The van der Waals surface area contributed by atoms with Gasteiger partial charge in [0.1, 0.15) is 0 Å². The highest BCUT2D eigenvalue weighted by Gasteiger charge is 2.26. The molecule has 0 radical (unpaired) electrons. The molecule has 1 aromatic heterocycles. The van der Waals surface area contributed by atoms with Crippen LogP contribution in [0.2, 0.25) is 0 Å². The van der Waals surface area contributed by atoms with Crippen LogP contribution in [-0.4, -0.2) is 47.9 Å². The average molecular weight is 380 g/mol. The first-order valence-corrected chi connectivity index (χ1v) is 10.2. The zero-order valence-corrected chi connectivity index (χ0v) is 16.6. The molecular formula is C22H28N4O2. The summed E-state index contributed by atoms with van der Waals surface area (Å²) in [5, 5.41) is 6.99. The van der Waals surface area contributed by atoms with Crippen LogP contribution in [0.3, 0.4) is 0 Å². The molecule has 1 saturated carbocycles. The minimum absolute atomic E-state index is 0.0416. The van der Waals surface area contributed by atoms with Crippen molar-refractivity contribution in [3.05, 3.63) is 35.5 Å². The molecular weight excluding hydrogens is 352 g/mol. The van der Waals surface area contributed by atoms with E-state index in [1.165, 1.54) is 0 Å². The van der Waals surface area contributed by atoms with Crippen LogP contribution in [0.15, 0.2) is 24.3 Å². The number of nitrogens with zero attached hydrogens (tertiary/aromatic N) is 2. The van der Waals surface area contributed by atoms with E-state index in [0.717, 1.165) is 61.8 Å². The summed E-state index contributed by atoms with van der Waals surface area (Å²) in [6.07, 6.45) is 4.91. The van der Waals surface area contributed by atoms with Crippen LogP contribution in [0, 0.1) is 12.8 Å². The first kappa shape index (κ1) is 18.9. The maximum absolute atomic E-state index is 13.1. The Labute approximate surface area is 165 Å². The fourth-order valence-corrected chi connectivity index (χ4v) is 3.93. The van der Waals surface area contributed by atoms with E-state index in [1.54, 1.807) is 6.07 Å². The molecule has 2 fully saturated rings. The van der Waals surface area contributed by atoms with E-state index in [-0.39, 0.29) is 23.8 Å². The molecule has 2 N–H and O–H groups in total. The third kappa shape index (κ3) is 4.02. The number of nitrogens with one attached hydrogen (secondary N) is 2. The summed E-state index contributed by atoms with van der Waals surface area (Å²) < 4.78 is 0. The number of pyridine rings is 1. The van der Waals surface area contributed by atoms with Gasteiger partial charge in [0.25, 0.3) is 5.91 Å². The molecule has 1 aliphatic heterocycles. The van der Waals surface area contributed by atoms with Gasteiger partial charge in [0.2, 0.25) is 5.91 Å². The molecule has 1 aromatic carbocycles. The molecule has 28 heavy (non-hydrogen) atoms. The molecule has 1 aliphatic carbocycles. The van der Waals surface area contributed by atoms with Crippen LogP contribution in [0.1, 0.15) is 48.2 Å². The Morgan fingerprint density at radius 1 is 1.11 bits per heavy atom. The molecule has 2 aromatic rings. The highest BCUT2D eigenvalue weighted by atomic mass is 16.2. The van der Waals surface area contributed by atoms with Crippen molar-refractivity contribution >= 4 is 28.4 Å². The van der Waals surface area contributed by atoms with E-state index in [2.05, 4.69) is 27.6 Å². The van der Waals surface area contributed by atoms with E-state index in [4.69, 9.17) is 0 Å². The lowest BCUT2D eigenvalue weighted by molar-refractivity contribution is -0.122. The molecule has 2 heterocycles. The molecule has 6 heteroatoms. The molecule has 6 nitrogen and oxygen atoms in total. The number of anilines is 1. The van der Waals surface area contributed by atoms with Crippen molar-refractivity contribution in [3.8, 4) is 0 Å². The fourth-order valence-electron chi connectivity index (χ4n) is 3.93. The Balaban J connectivity index is 1.61. The molecule has 0 bridgehead atoms. The number of likely N-dealkylation sites (tertiary alicyclic amines) is 1. The second kappa shape index (κ2) is 7.87. The number of aryl methyl sites for hydroxylation is 1. The first-order chi connectivity index (χ1) is 13.5. The van der Waals surface area contributed by atoms with Crippen molar-refractivity contribution in [2.45, 2.75) is 45.1 Å². The molecule has 0 unspecified atom stereocenters. The molecule has 4 rings (SSSR count). The van der Waals surface area contributed by atoms with Crippen LogP contribution in [0.5, 0.6) is 0 Å². The van der Waals surface area contributed by atoms with E-state index < -0.39 is 0 Å². The van der Waals surface area contributed by atoms with Gasteiger partial charge < -0.3 is 15.5 Å². The van der Waals surface area contributed by atoms with E-state index in [0.29, 0.717) is 11.3 Å². The minimum atomic E-state index is -0.0926. The Morgan fingerprint density at radius 2 is 1.86 bits per heavy atom. The number of rotatable bonds is 4. The SMILES string of the molecule is Cc1ccc2c(C(=O)NC3CCN(C)CC3)cc(NC(=O)C3CCC3)cc2n1. The van der Waals surface area contributed by atoms with Gasteiger partial charge in [-0.25, -0.2) is 0 Å². The van der Waals surface area contributed by atoms with Crippen molar-refractivity contribution in [2.24, 2.45) is 5.92 Å². The summed E-state index contributed by atoms with van der Waals surface area (Å²) in [4.78, 5) is 32.3. The van der Waals surface area contributed by atoms with Crippen LogP contribution in [0.25, 0.3) is 10.9 Å². The monoisotopic (exact) mass is 380 g/mol. The van der Waals surface area contributed by atoms with Crippen molar-refractivity contribution < 1.29 is 9.59 Å². The molecule has 2 aliphatic rings. The fraction of sp³-hybridized carbons (Fsp3) is 0.500. The van der Waals surface area contributed by atoms with Gasteiger partial charge in [-0.05, 0) is 70.9 Å². The lowest BCUT2D eigenvalue weighted by atomic mass is 9.85. The number of hydrogen-bond acceptors (Lipinski definition) is 4. The summed E-state index contributed by atoms with van der Waals surface area (Å²) in [6, 6.07) is 7.70. The molecule has 148 valence electrons. The Bertz CT molecular complexity index is 899. The van der Waals surface area contributed by atoms with Crippen molar-refractivity contribution in [1.29, 1.82) is 0 Å². The zero-order valence-electron chi connectivity index (χ0n) is 16.6. The van der Waals surface area contributed by atoms with Gasteiger partial charge in [-0.1, -0.05) is 12.5 Å². The van der Waals surface area contributed by atoms with Gasteiger partial charge in [-0.3, -0.25) is 14.6 Å². The Hall–Kier alpha value is -2.47. The number of benzene rings is 1. The second-order valence-electron chi connectivity index (χ2n) is 8.21. The third-order valence-corrected chi connectivity index (χ3v) is 5.99.